The summed E-state index contributed by atoms with van der Waals surface area (Å²) in [5.74, 6) is 0. The van der Waals surface area contributed by atoms with E-state index in [4.69, 9.17) is 4.55 Å². The Hall–Kier alpha value is 0.550. The zero-order valence-electron chi connectivity index (χ0n) is 6.98. The minimum absolute atomic E-state index is 0. The number of rotatable bonds is 1. The third-order valence-corrected chi connectivity index (χ3v) is 2.76. The van der Waals surface area contributed by atoms with Crippen LogP contribution in [0.1, 0.15) is 5.56 Å². The summed E-state index contributed by atoms with van der Waals surface area (Å²) in [6.45, 7) is 1.91. The van der Waals surface area contributed by atoms with Crippen molar-refractivity contribution in [1.29, 1.82) is 0 Å². The summed E-state index contributed by atoms with van der Waals surface area (Å²) in [6.07, 6.45) is 0. The number of hydrogen-bond acceptors (Lipinski definition) is 2. The van der Waals surface area contributed by atoms with Crippen molar-refractivity contribution in [2.75, 3.05) is 0 Å². The van der Waals surface area contributed by atoms with E-state index in [1.54, 1.807) is 24.3 Å². The molecule has 1 N–H and O–H groups in total. The van der Waals surface area contributed by atoms with Crippen LogP contribution in [-0.4, -0.2) is 38.3 Å². The van der Waals surface area contributed by atoms with E-state index in [-0.39, 0.29) is 29.6 Å². The molecule has 0 heterocycles. The molecule has 2 nitrogen and oxygen atoms in total. The summed E-state index contributed by atoms with van der Waals surface area (Å²) in [4.78, 5) is 0.304. The van der Waals surface area contributed by atoms with Gasteiger partial charge in [0.25, 0.3) is 0 Å². The molecule has 1 atom stereocenters. The molecule has 0 aliphatic rings. The maximum absolute atomic E-state index is 10.9. The smallest absolute Gasteiger partial charge is 0.171 e. The second-order valence-electron chi connectivity index (χ2n) is 2.29. The van der Waals surface area contributed by atoms with Gasteiger partial charge in [0.15, 0.2) is 8.77 Å². The molecule has 0 saturated heterocycles. The fraction of sp³-hybridized carbons (Fsp3) is 0.143. The van der Waals surface area contributed by atoms with Crippen molar-refractivity contribution in [3.05, 3.63) is 29.8 Å². The quantitative estimate of drug-likeness (QED) is 0.709. The molecule has 0 spiro atoms. The van der Waals surface area contributed by atoms with Gasteiger partial charge in [-0.05, 0) is 19.1 Å². The van der Waals surface area contributed by atoms with E-state index in [0.29, 0.717) is 4.90 Å². The third-order valence-electron chi connectivity index (χ3n) is 1.32. The van der Waals surface area contributed by atoms with Crippen LogP contribution >= 0.6 is 0 Å². The first kappa shape index (κ1) is 12.6. The van der Waals surface area contributed by atoms with E-state index in [1.165, 1.54) is 0 Å². The average molecular weight is 211 g/mol. The minimum Gasteiger partial charge on any atom is -0.302 e. The van der Waals surface area contributed by atoms with Crippen LogP contribution < -0.4 is 0 Å². The van der Waals surface area contributed by atoms with Crippen molar-refractivity contribution in [3.63, 3.8) is 0 Å². The summed E-state index contributed by atoms with van der Waals surface area (Å²) < 4.78 is 19.8. The first-order valence-electron chi connectivity index (χ1n) is 3.04. The summed E-state index contributed by atoms with van der Waals surface area (Å²) >= 11 is 4.38. The van der Waals surface area contributed by atoms with E-state index in [9.17, 15) is 4.21 Å². The normalized spacial score (nSPS) is 14.5. The first-order chi connectivity index (χ1) is 5.00. The summed E-state index contributed by atoms with van der Waals surface area (Å²) in [5, 5.41) is 0. The Labute approximate surface area is 99.2 Å². The van der Waals surface area contributed by atoms with Crippen molar-refractivity contribution in [2.45, 2.75) is 11.8 Å². The molecular formula is C7H8NaO2S2. The standard InChI is InChI=1S/C7H8O2S2.Na/c1-6-2-4-7(5-3-6)11(8,9)10;/h2-5H,1H3,(H,8,9,10);. The molecule has 1 rings (SSSR count). The van der Waals surface area contributed by atoms with Crippen LogP contribution in [0.2, 0.25) is 0 Å². The van der Waals surface area contributed by atoms with Gasteiger partial charge in [-0.2, -0.15) is 0 Å². The van der Waals surface area contributed by atoms with Gasteiger partial charge in [0.1, 0.15) is 0 Å². The number of benzene rings is 1. The second-order valence-corrected chi connectivity index (χ2v) is 5.07. The molecule has 5 heteroatoms. The maximum atomic E-state index is 10.9. The molecule has 0 amide bonds. The third kappa shape index (κ3) is 3.51. The monoisotopic (exact) mass is 211 g/mol. The van der Waals surface area contributed by atoms with Crippen molar-refractivity contribution >= 4 is 49.5 Å². The van der Waals surface area contributed by atoms with E-state index < -0.39 is 8.77 Å². The SMILES string of the molecule is Cc1ccc(S(=O)(O)=S)cc1.[Na]. The van der Waals surface area contributed by atoms with Crippen molar-refractivity contribution in [3.8, 4) is 0 Å². The Kier molecular flexibility index (Phi) is 4.91. The van der Waals surface area contributed by atoms with E-state index in [0.717, 1.165) is 5.56 Å². The maximum Gasteiger partial charge on any atom is 0.171 e. The number of hydrogen-bond donors (Lipinski definition) is 1. The Morgan fingerprint density at radius 2 is 1.75 bits per heavy atom. The van der Waals surface area contributed by atoms with Crippen molar-refractivity contribution < 1.29 is 8.76 Å². The molecule has 12 heavy (non-hydrogen) atoms. The van der Waals surface area contributed by atoms with Crippen LogP contribution in [-0.2, 0) is 20.0 Å². The fourth-order valence-electron chi connectivity index (χ4n) is 0.710. The van der Waals surface area contributed by atoms with Gasteiger partial charge in [0.2, 0.25) is 0 Å². The van der Waals surface area contributed by atoms with Gasteiger partial charge in [-0.1, -0.05) is 17.7 Å². The van der Waals surface area contributed by atoms with Gasteiger partial charge in [-0.25, -0.2) is 4.21 Å². The Balaban J connectivity index is 0.00000121. The minimum atomic E-state index is -3.19. The van der Waals surface area contributed by atoms with Gasteiger partial charge < -0.3 is 4.55 Å². The van der Waals surface area contributed by atoms with Crippen molar-refractivity contribution in [2.24, 2.45) is 0 Å². The van der Waals surface area contributed by atoms with Crippen LogP contribution in [0.4, 0.5) is 0 Å². The van der Waals surface area contributed by atoms with Gasteiger partial charge in [-0.3, -0.25) is 0 Å². The van der Waals surface area contributed by atoms with Gasteiger partial charge in [-0.15, -0.1) is 0 Å². The van der Waals surface area contributed by atoms with Gasteiger partial charge in [0, 0.05) is 40.7 Å². The Morgan fingerprint density at radius 1 is 1.33 bits per heavy atom. The molecule has 61 valence electrons. The Bertz CT molecular complexity index is 342. The van der Waals surface area contributed by atoms with Crippen LogP contribution in [0.5, 0.6) is 0 Å². The summed E-state index contributed by atoms with van der Waals surface area (Å²) in [6, 6.07) is 6.67. The molecule has 0 aromatic heterocycles. The zero-order chi connectivity index (χ0) is 8.48. The van der Waals surface area contributed by atoms with Crippen LogP contribution in [0.15, 0.2) is 29.2 Å². The molecule has 0 bridgehead atoms. The van der Waals surface area contributed by atoms with Crippen LogP contribution in [0.25, 0.3) is 0 Å². The molecule has 0 fully saturated rings. The predicted octanol–water partition coefficient (Wildman–Crippen LogP) is 1.19. The predicted molar refractivity (Wildman–Crippen MR) is 53.3 cm³/mol. The summed E-state index contributed by atoms with van der Waals surface area (Å²) in [5.41, 5.74) is 1.05. The second kappa shape index (κ2) is 4.69. The average Bonchev–Trinajstić information content (AvgIpc) is 1.86. The molecule has 0 aliphatic heterocycles. The number of aryl methyl sites for hydroxylation is 1. The first-order valence-corrected chi connectivity index (χ1v) is 5.48. The van der Waals surface area contributed by atoms with Crippen LogP contribution in [0.3, 0.4) is 0 Å². The summed E-state index contributed by atoms with van der Waals surface area (Å²) in [7, 11) is -3.19. The fourth-order valence-corrected chi connectivity index (χ4v) is 1.52. The van der Waals surface area contributed by atoms with Crippen LogP contribution in [0, 0.1) is 6.92 Å². The Morgan fingerprint density at radius 3 is 2.08 bits per heavy atom. The topological polar surface area (TPSA) is 37.3 Å². The molecule has 1 aromatic rings. The van der Waals surface area contributed by atoms with Gasteiger partial charge in [0.05, 0.1) is 4.90 Å². The molecule has 0 saturated carbocycles. The molecular weight excluding hydrogens is 203 g/mol. The van der Waals surface area contributed by atoms with E-state index >= 15 is 0 Å². The largest absolute Gasteiger partial charge is 0.302 e. The zero-order valence-corrected chi connectivity index (χ0v) is 10.6. The molecule has 1 unspecified atom stereocenters. The van der Waals surface area contributed by atoms with E-state index in [1.807, 2.05) is 6.92 Å². The van der Waals surface area contributed by atoms with E-state index in [2.05, 4.69) is 11.2 Å². The van der Waals surface area contributed by atoms with Gasteiger partial charge >= 0.3 is 0 Å². The molecule has 0 aliphatic carbocycles. The van der Waals surface area contributed by atoms with Crippen molar-refractivity contribution in [1.82, 2.24) is 0 Å². The molecule has 1 radical (unpaired) electrons. The molecule has 1 aromatic carbocycles.